The van der Waals surface area contributed by atoms with E-state index in [1.54, 1.807) is 12.3 Å². The van der Waals surface area contributed by atoms with Crippen molar-refractivity contribution in [3.63, 3.8) is 0 Å². The Hall–Kier alpha value is -1.58. The molecule has 3 unspecified atom stereocenters. The summed E-state index contributed by atoms with van der Waals surface area (Å²) < 4.78 is 5.87. The highest BCUT2D eigenvalue weighted by Crippen LogP contribution is 2.66. The Morgan fingerprint density at radius 2 is 2.14 bits per heavy atom. The summed E-state index contributed by atoms with van der Waals surface area (Å²) in [6.07, 6.45) is 4.92. The van der Waals surface area contributed by atoms with Crippen molar-refractivity contribution < 1.29 is 9.53 Å². The van der Waals surface area contributed by atoms with Crippen molar-refractivity contribution in [3.05, 3.63) is 23.5 Å². The van der Waals surface area contributed by atoms with Gasteiger partial charge in [0.1, 0.15) is 6.10 Å². The predicted molar refractivity (Wildman–Crippen MR) is 81.8 cm³/mol. The third-order valence-electron chi connectivity index (χ3n) is 6.29. The molecule has 0 radical (unpaired) electrons. The first-order chi connectivity index (χ1) is 9.75. The second-order valence-electron chi connectivity index (χ2n) is 7.41. The smallest absolute Gasteiger partial charge is 0.340 e. The van der Waals surface area contributed by atoms with Gasteiger partial charge in [0.2, 0.25) is 0 Å². The minimum atomic E-state index is -0.290. The van der Waals surface area contributed by atoms with Crippen LogP contribution < -0.4 is 5.73 Å². The van der Waals surface area contributed by atoms with Crippen LogP contribution in [0.5, 0.6) is 0 Å². The van der Waals surface area contributed by atoms with Gasteiger partial charge in [0.05, 0.1) is 23.1 Å². The molecule has 1 aromatic heterocycles. The Morgan fingerprint density at radius 3 is 2.71 bits per heavy atom. The van der Waals surface area contributed by atoms with Crippen LogP contribution in [0.3, 0.4) is 0 Å². The van der Waals surface area contributed by atoms with E-state index in [9.17, 15) is 4.79 Å². The molecular weight excluding hydrogens is 264 g/mol. The van der Waals surface area contributed by atoms with E-state index in [-0.39, 0.29) is 22.9 Å². The quantitative estimate of drug-likeness (QED) is 0.848. The number of nitrogens with two attached hydrogens (primary N) is 1. The molecule has 0 amide bonds. The van der Waals surface area contributed by atoms with E-state index in [2.05, 4.69) is 25.8 Å². The van der Waals surface area contributed by atoms with Crippen molar-refractivity contribution in [1.29, 1.82) is 0 Å². The molecule has 4 nitrogen and oxygen atoms in total. The molecule has 0 aliphatic heterocycles. The Kier molecular flexibility index (Phi) is 3.05. The first-order valence-electron chi connectivity index (χ1n) is 7.69. The monoisotopic (exact) mass is 288 g/mol. The zero-order valence-electron chi connectivity index (χ0n) is 13.3. The molecule has 2 aliphatic rings. The van der Waals surface area contributed by atoms with Crippen LogP contribution in [0.4, 0.5) is 5.69 Å². The van der Waals surface area contributed by atoms with Crippen molar-refractivity contribution >= 4 is 11.7 Å². The van der Waals surface area contributed by atoms with Crippen LogP contribution in [0, 0.1) is 23.7 Å². The van der Waals surface area contributed by atoms with E-state index < -0.39 is 0 Å². The van der Waals surface area contributed by atoms with Crippen LogP contribution >= 0.6 is 0 Å². The zero-order chi connectivity index (χ0) is 15.4. The van der Waals surface area contributed by atoms with Gasteiger partial charge >= 0.3 is 5.97 Å². The van der Waals surface area contributed by atoms with Gasteiger partial charge in [-0.05, 0) is 43.6 Å². The van der Waals surface area contributed by atoms with E-state index in [4.69, 9.17) is 10.5 Å². The summed E-state index contributed by atoms with van der Waals surface area (Å²) in [4.78, 5) is 16.6. The molecule has 1 aromatic rings. The fourth-order valence-electron chi connectivity index (χ4n) is 4.26. The summed E-state index contributed by atoms with van der Waals surface area (Å²) in [5.41, 5.74) is 7.69. The maximum atomic E-state index is 12.5. The van der Waals surface area contributed by atoms with Crippen molar-refractivity contribution in [1.82, 2.24) is 4.98 Å². The molecule has 2 saturated carbocycles. The van der Waals surface area contributed by atoms with Gasteiger partial charge in [0.15, 0.2) is 0 Å². The van der Waals surface area contributed by atoms with Crippen LogP contribution in [-0.4, -0.2) is 17.1 Å². The summed E-state index contributed by atoms with van der Waals surface area (Å²) >= 11 is 0. The Morgan fingerprint density at radius 1 is 1.43 bits per heavy atom. The van der Waals surface area contributed by atoms with Crippen molar-refractivity contribution in [2.75, 3.05) is 5.73 Å². The lowest BCUT2D eigenvalue weighted by Gasteiger charge is -2.38. The normalized spacial score (nSPS) is 33.1. The molecule has 1 heterocycles. The van der Waals surface area contributed by atoms with Crippen molar-refractivity contribution in [3.8, 4) is 0 Å². The van der Waals surface area contributed by atoms with Gasteiger partial charge in [-0.25, -0.2) is 4.79 Å². The number of aromatic nitrogens is 1. The summed E-state index contributed by atoms with van der Waals surface area (Å²) in [7, 11) is 0. The van der Waals surface area contributed by atoms with Gasteiger partial charge in [-0.15, -0.1) is 0 Å². The molecule has 2 bridgehead atoms. The third kappa shape index (κ3) is 1.95. The molecular formula is C17H24N2O2. The van der Waals surface area contributed by atoms with E-state index in [1.165, 1.54) is 6.42 Å². The summed E-state index contributed by atoms with van der Waals surface area (Å²) in [6.45, 7) is 8.70. The Balaban J connectivity index is 1.82. The summed E-state index contributed by atoms with van der Waals surface area (Å²) in [5.74, 6) is 0.363. The maximum Gasteiger partial charge on any atom is 0.340 e. The molecule has 2 aliphatic carbocycles. The lowest BCUT2D eigenvalue weighted by molar-refractivity contribution is -0.0243. The molecule has 0 saturated heterocycles. The van der Waals surface area contributed by atoms with Gasteiger partial charge in [-0.1, -0.05) is 20.8 Å². The third-order valence-corrected chi connectivity index (χ3v) is 6.29. The van der Waals surface area contributed by atoms with Crippen LogP contribution in [0.25, 0.3) is 0 Å². The predicted octanol–water partition coefficient (Wildman–Crippen LogP) is 3.34. The van der Waals surface area contributed by atoms with E-state index in [0.29, 0.717) is 22.9 Å². The average Bonchev–Trinajstić information content (AvgIpc) is 2.74. The number of hydrogen-bond donors (Lipinski definition) is 1. The number of carbonyl (C=O) groups is 1. The van der Waals surface area contributed by atoms with Crippen LogP contribution in [0.2, 0.25) is 0 Å². The molecule has 2 N–H and O–H groups in total. The molecule has 0 aromatic carbocycles. The minimum absolute atomic E-state index is 0.000388. The van der Waals surface area contributed by atoms with Gasteiger partial charge in [-0.2, -0.15) is 0 Å². The standard InChI is InChI=1S/C17H24N2O2/c1-10-13(8-12(18)9-19-10)15(20)21-14-7-11-5-6-17(14,4)16(11,2)3/h8-9,11,14H,5-7,18H2,1-4H3. The number of anilines is 1. The van der Waals surface area contributed by atoms with Crippen LogP contribution in [-0.2, 0) is 4.74 Å². The number of rotatable bonds is 2. The molecule has 114 valence electrons. The largest absolute Gasteiger partial charge is 0.458 e. The Bertz CT molecular complexity index is 596. The number of aryl methyl sites for hydroxylation is 1. The van der Waals surface area contributed by atoms with Crippen LogP contribution in [0.1, 0.15) is 56.1 Å². The molecule has 3 rings (SSSR count). The number of nitrogens with zero attached hydrogens (tertiary/aromatic N) is 1. The number of esters is 1. The van der Waals surface area contributed by atoms with Crippen LogP contribution in [0.15, 0.2) is 12.3 Å². The highest BCUT2D eigenvalue weighted by atomic mass is 16.5. The van der Waals surface area contributed by atoms with Gasteiger partial charge in [0.25, 0.3) is 0 Å². The summed E-state index contributed by atoms with van der Waals surface area (Å²) in [6, 6.07) is 1.66. The topological polar surface area (TPSA) is 65.2 Å². The van der Waals surface area contributed by atoms with Crippen molar-refractivity contribution in [2.24, 2.45) is 16.7 Å². The second-order valence-corrected chi connectivity index (χ2v) is 7.41. The number of ether oxygens (including phenoxy) is 1. The first-order valence-corrected chi connectivity index (χ1v) is 7.69. The van der Waals surface area contributed by atoms with Gasteiger partial charge in [-0.3, -0.25) is 4.98 Å². The molecule has 3 atom stereocenters. The zero-order valence-corrected chi connectivity index (χ0v) is 13.3. The lowest BCUT2D eigenvalue weighted by atomic mass is 9.70. The number of pyridine rings is 1. The Labute approximate surface area is 126 Å². The number of carbonyl (C=O) groups excluding carboxylic acids is 1. The fraction of sp³-hybridized carbons (Fsp3) is 0.647. The SMILES string of the molecule is Cc1ncc(N)cc1C(=O)OC1CC2CCC1(C)C2(C)C. The second kappa shape index (κ2) is 4.46. The molecule has 2 fully saturated rings. The summed E-state index contributed by atoms with van der Waals surface area (Å²) in [5, 5.41) is 0. The van der Waals surface area contributed by atoms with E-state index >= 15 is 0 Å². The number of nitrogen functional groups attached to an aromatic ring is 1. The highest BCUT2D eigenvalue weighted by molar-refractivity contribution is 5.91. The molecule has 0 spiro atoms. The number of hydrogen-bond acceptors (Lipinski definition) is 4. The maximum absolute atomic E-state index is 12.5. The lowest BCUT2D eigenvalue weighted by Crippen LogP contribution is -2.38. The fourth-order valence-corrected chi connectivity index (χ4v) is 4.26. The van der Waals surface area contributed by atoms with E-state index in [0.717, 1.165) is 12.8 Å². The number of fused-ring (bicyclic) bond motifs is 2. The van der Waals surface area contributed by atoms with Gasteiger partial charge in [0, 0.05) is 5.41 Å². The minimum Gasteiger partial charge on any atom is -0.458 e. The average molecular weight is 288 g/mol. The van der Waals surface area contributed by atoms with Crippen molar-refractivity contribution in [2.45, 2.75) is 53.1 Å². The first kappa shape index (κ1) is 14.4. The molecule has 4 heteroatoms. The highest BCUT2D eigenvalue weighted by Gasteiger charge is 2.62. The molecule has 21 heavy (non-hydrogen) atoms. The van der Waals surface area contributed by atoms with Gasteiger partial charge < -0.3 is 10.5 Å². The van der Waals surface area contributed by atoms with E-state index in [1.807, 2.05) is 6.92 Å².